The summed E-state index contributed by atoms with van der Waals surface area (Å²) in [6.07, 6.45) is -1.03. The zero-order chi connectivity index (χ0) is 20.7. The number of hydrogen-bond acceptors (Lipinski definition) is 5. The number of benzene rings is 1. The molecule has 1 atom stereocenters. The molecule has 0 bridgehead atoms. The van der Waals surface area contributed by atoms with Crippen LogP contribution < -0.4 is 14.8 Å². The summed E-state index contributed by atoms with van der Waals surface area (Å²) in [5.41, 5.74) is 0.748. The fourth-order valence-corrected chi connectivity index (χ4v) is 2.78. The number of nitrogens with zero attached hydrogens (tertiary/aromatic N) is 1. The Hall–Kier alpha value is -2.81. The number of alkyl halides is 3. The van der Waals surface area contributed by atoms with Gasteiger partial charge in [-0.15, -0.1) is 0 Å². The third-order valence-corrected chi connectivity index (χ3v) is 4.24. The van der Waals surface area contributed by atoms with Crippen molar-refractivity contribution in [2.45, 2.75) is 31.7 Å². The van der Waals surface area contributed by atoms with E-state index in [1.54, 1.807) is 36.4 Å². The van der Waals surface area contributed by atoms with Gasteiger partial charge in [0, 0.05) is 30.5 Å². The van der Waals surface area contributed by atoms with Crippen molar-refractivity contribution in [3.05, 3.63) is 53.7 Å². The fourth-order valence-electron chi connectivity index (χ4n) is 2.78. The van der Waals surface area contributed by atoms with Crippen molar-refractivity contribution in [1.82, 2.24) is 10.3 Å². The van der Waals surface area contributed by atoms with Crippen molar-refractivity contribution in [3.8, 4) is 11.6 Å². The third-order valence-electron chi connectivity index (χ3n) is 4.24. The van der Waals surface area contributed by atoms with Crippen molar-refractivity contribution >= 4 is 5.91 Å². The largest absolute Gasteiger partial charge is 0.491 e. The van der Waals surface area contributed by atoms with Gasteiger partial charge in [-0.05, 0) is 43.2 Å². The number of carbonyl (C=O) groups excluding carboxylic acids is 1. The highest BCUT2D eigenvalue weighted by molar-refractivity contribution is 5.94. The quantitative estimate of drug-likeness (QED) is 0.721. The van der Waals surface area contributed by atoms with Gasteiger partial charge in [0.1, 0.15) is 12.4 Å². The molecule has 1 aromatic carbocycles. The second kappa shape index (κ2) is 9.60. The number of carbonyl (C=O) groups is 1. The average molecular weight is 410 g/mol. The summed E-state index contributed by atoms with van der Waals surface area (Å²) in [6.45, 7) is -0.240. The Morgan fingerprint density at radius 1 is 1.21 bits per heavy atom. The smallest absolute Gasteiger partial charge is 0.422 e. The minimum Gasteiger partial charge on any atom is -0.491 e. The van der Waals surface area contributed by atoms with E-state index in [1.807, 2.05) is 0 Å². The first-order valence-corrected chi connectivity index (χ1v) is 9.17. The van der Waals surface area contributed by atoms with Gasteiger partial charge in [0.05, 0.1) is 6.10 Å². The molecule has 1 saturated heterocycles. The summed E-state index contributed by atoms with van der Waals surface area (Å²) in [5.74, 6) is 0.0939. The van der Waals surface area contributed by atoms with Crippen molar-refractivity contribution in [2.24, 2.45) is 0 Å². The topological polar surface area (TPSA) is 69.7 Å². The summed E-state index contributed by atoms with van der Waals surface area (Å²) < 4.78 is 52.9. The number of aromatic nitrogens is 1. The number of halogens is 3. The Morgan fingerprint density at radius 3 is 2.69 bits per heavy atom. The summed E-state index contributed by atoms with van der Waals surface area (Å²) in [6, 6.07) is 9.70. The molecule has 1 unspecified atom stereocenters. The van der Waals surface area contributed by atoms with E-state index in [1.165, 1.54) is 6.20 Å². The Balaban J connectivity index is 1.51. The summed E-state index contributed by atoms with van der Waals surface area (Å²) >= 11 is 0. The van der Waals surface area contributed by atoms with E-state index in [-0.39, 0.29) is 24.4 Å². The van der Waals surface area contributed by atoms with Gasteiger partial charge in [-0.1, -0.05) is 6.07 Å². The van der Waals surface area contributed by atoms with Crippen LogP contribution in [0.25, 0.3) is 0 Å². The lowest BCUT2D eigenvalue weighted by Crippen LogP contribution is -2.24. The van der Waals surface area contributed by atoms with Crippen LogP contribution in [-0.2, 0) is 11.3 Å². The number of hydrogen-bond donors (Lipinski definition) is 1. The number of pyridine rings is 1. The predicted octanol–water partition coefficient (Wildman–Crippen LogP) is 3.51. The van der Waals surface area contributed by atoms with E-state index in [4.69, 9.17) is 14.2 Å². The summed E-state index contributed by atoms with van der Waals surface area (Å²) in [4.78, 5) is 16.1. The first-order valence-electron chi connectivity index (χ1n) is 9.17. The predicted molar refractivity (Wildman–Crippen MR) is 97.9 cm³/mol. The van der Waals surface area contributed by atoms with Crippen LogP contribution in [0.15, 0.2) is 42.6 Å². The molecule has 156 valence electrons. The third kappa shape index (κ3) is 6.63. The molecule has 1 aliphatic rings. The maximum Gasteiger partial charge on any atom is 0.422 e. The van der Waals surface area contributed by atoms with Gasteiger partial charge >= 0.3 is 6.18 Å². The van der Waals surface area contributed by atoms with E-state index in [2.05, 4.69) is 10.3 Å². The highest BCUT2D eigenvalue weighted by Crippen LogP contribution is 2.20. The van der Waals surface area contributed by atoms with Crippen LogP contribution in [0.5, 0.6) is 11.6 Å². The molecule has 1 fully saturated rings. The van der Waals surface area contributed by atoms with Crippen molar-refractivity contribution in [3.63, 3.8) is 0 Å². The SMILES string of the molecule is O=C(NCc1cccnc1OCC(F)(F)F)c1ccc(OCC2CCCO2)cc1. The van der Waals surface area contributed by atoms with Crippen LogP contribution in [0.3, 0.4) is 0 Å². The Morgan fingerprint density at radius 2 is 2.00 bits per heavy atom. The average Bonchev–Trinajstić information content (AvgIpc) is 3.23. The lowest BCUT2D eigenvalue weighted by atomic mass is 10.2. The molecule has 1 N–H and O–H groups in total. The maximum absolute atomic E-state index is 12.3. The maximum atomic E-state index is 12.3. The van der Waals surface area contributed by atoms with E-state index >= 15 is 0 Å². The molecule has 3 rings (SSSR count). The molecule has 29 heavy (non-hydrogen) atoms. The lowest BCUT2D eigenvalue weighted by molar-refractivity contribution is -0.154. The minimum atomic E-state index is -4.47. The first-order chi connectivity index (χ1) is 13.9. The van der Waals surface area contributed by atoms with Crippen molar-refractivity contribution < 1.29 is 32.2 Å². The summed E-state index contributed by atoms with van der Waals surface area (Å²) in [7, 11) is 0. The minimum absolute atomic E-state index is 0.0167. The van der Waals surface area contributed by atoms with E-state index in [0.717, 1.165) is 19.4 Å². The molecule has 2 aromatic rings. The molecule has 0 aliphatic carbocycles. The van der Waals surface area contributed by atoms with Gasteiger partial charge in [0.15, 0.2) is 6.61 Å². The Bertz CT molecular complexity index is 806. The van der Waals surface area contributed by atoms with Gasteiger partial charge in [0.25, 0.3) is 5.91 Å². The molecule has 0 spiro atoms. The second-order valence-corrected chi connectivity index (χ2v) is 6.52. The van der Waals surface area contributed by atoms with E-state index in [9.17, 15) is 18.0 Å². The number of rotatable bonds is 8. The Kier molecular flexibility index (Phi) is 6.92. The molecule has 2 heterocycles. The fraction of sp³-hybridized carbons (Fsp3) is 0.400. The summed E-state index contributed by atoms with van der Waals surface area (Å²) in [5, 5.41) is 2.65. The molecule has 9 heteroatoms. The monoisotopic (exact) mass is 410 g/mol. The highest BCUT2D eigenvalue weighted by atomic mass is 19.4. The molecular formula is C20H21F3N2O4. The van der Waals surface area contributed by atoms with Gasteiger partial charge in [-0.2, -0.15) is 13.2 Å². The van der Waals surface area contributed by atoms with Crippen LogP contribution in [-0.4, -0.2) is 43.0 Å². The molecule has 0 radical (unpaired) electrons. The highest BCUT2D eigenvalue weighted by Gasteiger charge is 2.29. The molecule has 0 saturated carbocycles. The standard InChI is InChI=1S/C20H21F3N2O4/c21-20(22,23)13-29-19-15(3-1-9-24-19)11-25-18(26)14-5-7-16(8-6-14)28-12-17-4-2-10-27-17/h1,3,5-9,17H,2,4,10-13H2,(H,25,26). The van der Waals surface area contributed by atoms with Gasteiger partial charge in [-0.3, -0.25) is 4.79 Å². The van der Waals surface area contributed by atoms with Crippen LogP contribution >= 0.6 is 0 Å². The molecule has 1 aliphatic heterocycles. The molecule has 6 nitrogen and oxygen atoms in total. The van der Waals surface area contributed by atoms with Crippen LogP contribution in [0.2, 0.25) is 0 Å². The van der Waals surface area contributed by atoms with Crippen molar-refractivity contribution in [1.29, 1.82) is 0 Å². The lowest BCUT2D eigenvalue weighted by Gasteiger charge is -2.13. The Labute approximate surface area is 166 Å². The van der Waals surface area contributed by atoms with Crippen molar-refractivity contribution in [2.75, 3.05) is 19.8 Å². The normalized spacial score (nSPS) is 16.4. The van der Waals surface area contributed by atoms with Gasteiger partial charge < -0.3 is 19.5 Å². The van der Waals surface area contributed by atoms with E-state index in [0.29, 0.717) is 23.5 Å². The zero-order valence-electron chi connectivity index (χ0n) is 15.6. The van der Waals surface area contributed by atoms with Gasteiger partial charge in [0.2, 0.25) is 5.88 Å². The number of ether oxygens (including phenoxy) is 3. The van der Waals surface area contributed by atoms with Crippen LogP contribution in [0.1, 0.15) is 28.8 Å². The molecule has 1 aromatic heterocycles. The van der Waals surface area contributed by atoms with Crippen LogP contribution in [0.4, 0.5) is 13.2 Å². The van der Waals surface area contributed by atoms with Gasteiger partial charge in [-0.25, -0.2) is 4.98 Å². The van der Waals surface area contributed by atoms with Crippen LogP contribution in [0, 0.1) is 0 Å². The second-order valence-electron chi connectivity index (χ2n) is 6.52. The number of nitrogens with one attached hydrogen (secondary N) is 1. The first kappa shape index (κ1) is 20.9. The zero-order valence-corrected chi connectivity index (χ0v) is 15.6. The molecular weight excluding hydrogens is 389 g/mol. The number of amides is 1. The van der Waals surface area contributed by atoms with E-state index < -0.39 is 12.8 Å². The molecule has 1 amide bonds.